The van der Waals surface area contributed by atoms with Gasteiger partial charge >= 0.3 is 0 Å². The van der Waals surface area contributed by atoms with E-state index >= 15 is 0 Å². The van der Waals surface area contributed by atoms with Crippen molar-refractivity contribution in [1.29, 1.82) is 0 Å². The van der Waals surface area contributed by atoms with Crippen LogP contribution in [0.25, 0.3) is 10.2 Å². The van der Waals surface area contributed by atoms with Gasteiger partial charge in [0.2, 0.25) is 0 Å². The molecule has 1 N–H and O–H groups in total. The van der Waals surface area contributed by atoms with Gasteiger partial charge in [-0.25, -0.2) is 4.98 Å². The molecule has 0 saturated carbocycles. The lowest BCUT2D eigenvalue weighted by atomic mass is 10.2. The zero-order valence-electron chi connectivity index (χ0n) is 9.18. The minimum atomic E-state index is 0.905. The number of para-hydroxylation sites is 2. The Morgan fingerprint density at radius 2 is 1.76 bits per heavy atom. The summed E-state index contributed by atoms with van der Waals surface area (Å²) in [6, 6.07) is 16.1. The minimum absolute atomic E-state index is 0.905. The minimum Gasteiger partial charge on any atom is -0.331 e. The summed E-state index contributed by atoms with van der Waals surface area (Å²) in [5.74, 6) is 0. The number of hydrogen-bond acceptors (Lipinski definition) is 3. The molecule has 83 valence electrons. The van der Waals surface area contributed by atoms with E-state index in [-0.39, 0.29) is 0 Å². The average Bonchev–Trinajstić information content (AvgIpc) is 2.74. The maximum absolute atomic E-state index is 4.53. The van der Waals surface area contributed by atoms with Gasteiger partial charge in [0.1, 0.15) is 0 Å². The van der Waals surface area contributed by atoms with E-state index in [1.807, 2.05) is 42.5 Å². The molecule has 3 heteroatoms. The van der Waals surface area contributed by atoms with E-state index in [4.69, 9.17) is 0 Å². The number of rotatable bonds is 2. The molecule has 0 amide bonds. The number of fused-ring (bicyclic) bond motifs is 1. The number of nitrogens with zero attached hydrogens (tertiary/aromatic N) is 1. The molecule has 2 nitrogen and oxygen atoms in total. The topological polar surface area (TPSA) is 24.9 Å². The van der Waals surface area contributed by atoms with Crippen LogP contribution in [0.1, 0.15) is 5.56 Å². The largest absolute Gasteiger partial charge is 0.331 e. The summed E-state index contributed by atoms with van der Waals surface area (Å²) >= 11 is 1.65. The summed E-state index contributed by atoms with van der Waals surface area (Å²) < 4.78 is 1.19. The van der Waals surface area contributed by atoms with Crippen LogP contribution in [0, 0.1) is 6.92 Å². The van der Waals surface area contributed by atoms with Gasteiger partial charge in [-0.1, -0.05) is 41.7 Å². The molecule has 3 rings (SSSR count). The molecule has 0 fully saturated rings. The summed E-state index contributed by atoms with van der Waals surface area (Å²) in [5.41, 5.74) is 3.01. The predicted octanol–water partition coefficient (Wildman–Crippen LogP) is 4.22. The predicted molar refractivity (Wildman–Crippen MR) is 73.8 cm³/mol. The highest BCUT2D eigenvalue weighted by Gasteiger charge is 2.04. The van der Waals surface area contributed by atoms with E-state index in [1.165, 1.54) is 4.70 Å². The Bertz CT molecular complexity index is 625. The molecule has 0 atom stereocenters. The molecule has 0 spiro atoms. The van der Waals surface area contributed by atoms with Crippen molar-refractivity contribution in [1.82, 2.24) is 4.98 Å². The first-order valence-electron chi connectivity index (χ1n) is 5.36. The monoisotopic (exact) mass is 239 g/mol. The van der Waals surface area contributed by atoms with Gasteiger partial charge in [0.05, 0.1) is 10.2 Å². The smallest absolute Gasteiger partial charge is 0.188 e. The van der Waals surface area contributed by atoms with Crippen molar-refractivity contribution in [3.63, 3.8) is 0 Å². The van der Waals surface area contributed by atoms with Crippen molar-refractivity contribution in [2.75, 3.05) is 5.32 Å². The molecule has 0 unspecified atom stereocenters. The zero-order valence-corrected chi connectivity index (χ0v) is 10.00. The van der Waals surface area contributed by atoms with Gasteiger partial charge in [0.25, 0.3) is 0 Å². The highest BCUT2D eigenvalue weighted by atomic mass is 32.1. The van der Waals surface area contributed by atoms with Crippen LogP contribution >= 0.6 is 11.3 Å². The average molecular weight is 239 g/mol. The van der Waals surface area contributed by atoms with Crippen LogP contribution in [0.4, 0.5) is 10.8 Å². The quantitative estimate of drug-likeness (QED) is 0.724. The molecule has 0 aliphatic rings. The Hall–Kier alpha value is -1.87. The number of anilines is 2. The van der Waals surface area contributed by atoms with Crippen LogP contribution in [-0.4, -0.2) is 4.98 Å². The first kappa shape index (κ1) is 10.3. The van der Waals surface area contributed by atoms with E-state index in [0.717, 1.165) is 21.9 Å². The molecular weight excluding hydrogens is 228 g/mol. The van der Waals surface area contributed by atoms with Crippen molar-refractivity contribution >= 4 is 32.4 Å². The maximum Gasteiger partial charge on any atom is 0.188 e. The van der Waals surface area contributed by atoms with Crippen LogP contribution in [0.2, 0.25) is 0 Å². The Labute approximate surface area is 104 Å². The molecule has 0 saturated heterocycles. The van der Waals surface area contributed by atoms with Gasteiger partial charge in [0, 0.05) is 5.69 Å². The molecule has 1 heterocycles. The second-order valence-corrected chi connectivity index (χ2v) is 4.80. The molecule has 1 radical (unpaired) electrons. The summed E-state index contributed by atoms with van der Waals surface area (Å²) in [5, 5.41) is 4.21. The molecule has 0 aliphatic carbocycles. The van der Waals surface area contributed by atoms with Crippen LogP contribution < -0.4 is 5.32 Å². The van der Waals surface area contributed by atoms with Gasteiger partial charge in [-0.3, -0.25) is 0 Å². The molecule has 0 aliphatic heterocycles. The van der Waals surface area contributed by atoms with E-state index in [9.17, 15) is 0 Å². The highest BCUT2D eigenvalue weighted by molar-refractivity contribution is 7.22. The number of nitrogens with one attached hydrogen (secondary N) is 1. The zero-order chi connectivity index (χ0) is 11.7. The lowest BCUT2D eigenvalue weighted by Gasteiger charge is -2.04. The SMILES string of the molecule is [CH2]c1ccccc1Nc1nc2ccccc2s1. The van der Waals surface area contributed by atoms with Gasteiger partial charge < -0.3 is 5.32 Å². The molecule has 1 aromatic heterocycles. The summed E-state index contributed by atoms with van der Waals surface area (Å²) in [6.07, 6.45) is 0. The van der Waals surface area contributed by atoms with Crippen LogP contribution in [-0.2, 0) is 0 Å². The summed E-state index contributed by atoms with van der Waals surface area (Å²) in [6.45, 7) is 3.98. The Balaban J connectivity index is 1.98. The fraction of sp³-hybridized carbons (Fsp3) is 0. The Morgan fingerprint density at radius 3 is 2.59 bits per heavy atom. The molecule has 2 aromatic carbocycles. The van der Waals surface area contributed by atoms with Gasteiger partial charge in [0.15, 0.2) is 5.13 Å². The summed E-state index contributed by atoms with van der Waals surface area (Å²) in [4.78, 5) is 4.53. The van der Waals surface area contributed by atoms with Gasteiger partial charge in [-0.2, -0.15) is 0 Å². The molecule has 3 aromatic rings. The van der Waals surface area contributed by atoms with E-state index < -0.39 is 0 Å². The fourth-order valence-electron chi connectivity index (χ4n) is 1.68. The van der Waals surface area contributed by atoms with Gasteiger partial charge in [-0.05, 0) is 30.7 Å². The van der Waals surface area contributed by atoms with Crippen molar-refractivity contribution in [2.45, 2.75) is 0 Å². The molecular formula is C14H11N2S. The van der Waals surface area contributed by atoms with E-state index in [2.05, 4.69) is 23.3 Å². The second-order valence-electron chi connectivity index (χ2n) is 3.77. The van der Waals surface area contributed by atoms with Crippen molar-refractivity contribution in [3.8, 4) is 0 Å². The normalized spacial score (nSPS) is 10.6. The lowest BCUT2D eigenvalue weighted by molar-refractivity contribution is 1.43. The summed E-state index contributed by atoms with van der Waals surface area (Å²) in [7, 11) is 0. The first-order valence-corrected chi connectivity index (χ1v) is 6.18. The lowest BCUT2D eigenvalue weighted by Crippen LogP contribution is -1.91. The number of hydrogen-bond donors (Lipinski definition) is 1. The van der Waals surface area contributed by atoms with Crippen LogP contribution in [0.5, 0.6) is 0 Å². The highest BCUT2D eigenvalue weighted by Crippen LogP contribution is 2.28. The van der Waals surface area contributed by atoms with Gasteiger partial charge in [-0.15, -0.1) is 0 Å². The van der Waals surface area contributed by atoms with Crippen LogP contribution in [0.15, 0.2) is 48.5 Å². The maximum atomic E-state index is 4.53. The van der Waals surface area contributed by atoms with Crippen molar-refractivity contribution in [3.05, 3.63) is 61.0 Å². The standard InChI is InChI=1S/C14H11N2S/c1-10-6-2-3-7-11(10)15-14-16-12-8-4-5-9-13(12)17-14/h2-9H,1H2,(H,15,16). The van der Waals surface area contributed by atoms with Crippen molar-refractivity contribution in [2.24, 2.45) is 0 Å². The number of benzene rings is 2. The third kappa shape index (κ3) is 2.01. The van der Waals surface area contributed by atoms with E-state index in [1.54, 1.807) is 11.3 Å². The van der Waals surface area contributed by atoms with Crippen molar-refractivity contribution < 1.29 is 0 Å². The van der Waals surface area contributed by atoms with E-state index in [0.29, 0.717) is 0 Å². The number of thiazole rings is 1. The Morgan fingerprint density at radius 1 is 1.00 bits per heavy atom. The fourth-order valence-corrected chi connectivity index (χ4v) is 2.56. The first-order chi connectivity index (χ1) is 8.33. The third-order valence-electron chi connectivity index (χ3n) is 2.55. The molecule has 0 bridgehead atoms. The Kier molecular flexibility index (Phi) is 2.53. The third-order valence-corrected chi connectivity index (χ3v) is 3.50. The second kappa shape index (κ2) is 4.18. The molecule has 17 heavy (non-hydrogen) atoms. The number of aromatic nitrogens is 1. The van der Waals surface area contributed by atoms with Crippen LogP contribution in [0.3, 0.4) is 0 Å².